The molecule has 0 radical (unpaired) electrons. The van der Waals surface area contributed by atoms with Gasteiger partial charge in [0.25, 0.3) is 0 Å². The molecule has 0 N–H and O–H groups in total. The first-order chi connectivity index (χ1) is 9.92. The van der Waals surface area contributed by atoms with E-state index < -0.39 is 0 Å². The van der Waals surface area contributed by atoms with Crippen molar-refractivity contribution in [3.05, 3.63) is 0 Å². The summed E-state index contributed by atoms with van der Waals surface area (Å²) in [5.74, 6) is 6.91. The molecule has 0 heteroatoms. The molecule has 0 saturated heterocycles. The number of rotatable bonds is 3. The summed E-state index contributed by atoms with van der Waals surface area (Å²) in [6.07, 6.45) is 22.1. The molecule has 0 spiro atoms. The topological polar surface area (TPSA) is 0 Å². The number of hydrogen-bond acceptors (Lipinski definition) is 0. The van der Waals surface area contributed by atoms with Crippen LogP contribution in [0, 0.1) is 35.5 Å². The third kappa shape index (κ3) is 2.57. The molecule has 4 rings (SSSR count). The van der Waals surface area contributed by atoms with Gasteiger partial charge in [0.05, 0.1) is 0 Å². The fraction of sp³-hybridized carbons (Fsp3) is 1.00. The van der Waals surface area contributed by atoms with E-state index in [1.54, 1.807) is 89.9 Å². The Hall–Kier alpha value is 0. The van der Waals surface area contributed by atoms with Gasteiger partial charge in [-0.15, -0.1) is 0 Å². The monoisotopic (exact) mass is 274 g/mol. The third-order valence-electron chi connectivity index (χ3n) is 7.87. The Labute approximate surface area is 126 Å². The lowest BCUT2D eigenvalue weighted by molar-refractivity contribution is 0.187. The highest BCUT2D eigenvalue weighted by Gasteiger charge is 2.40. The van der Waals surface area contributed by atoms with Crippen molar-refractivity contribution in [2.75, 3.05) is 0 Å². The zero-order valence-corrected chi connectivity index (χ0v) is 13.4. The van der Waals surface area contributed by atoms with Gasteiger partial charge in [0, 0.05) is 0 Å². The maximum absolute atomic E-state index is 1.61. The molecule has 4 aliphatic carbocycles. The first-order valence-electron chi connectivity index (χ1n) is 9.92. The van der Waals surface area contributed by atoms with Gasteiger partial charge in [-0.1, -0.05) is 38.5 Å². The standard InChI is InChI=1S/C20H34/c1-3-7-19-15(5-1)9-11-17(19)13-14-18-12-10-16-6-2-4-8-20(16)18/h15-20H,1-14H2/t15-,16+,17-,18+,19-,20+. The van der Waals surface area contributed by atoms with Crippen LogP contribution in [0.3, 0.4) is 0 Å². The molecular formula is C20H34. The normalized spacial score (nSPS) is 48.0. The van der Waals surface area contributed by atoms with Crippen LogP contribution in [0.1, 0.15) is 89.9 Å². The zero-order chi connectivity index (χ0) is 13.4. The molecule has 4 saturated carbocycles. The second-order valence-corrected chi connectivity index (χ2v) is 8.67. The maximum atomic E-state index is 1.61. The first-order valence-corrected chi connectivity index (χ1v) is 9.92. The lowest BCUT2D eigenvalue weighted by atomic mass is 9.74. The molecular weight excluding hydrogens is 240 g/mol. The molecule has 0 unspecified atom stereocenters. The highest BCUT2D eigenvalue weighted by atomic mass is 14.5. The van der Waals surface area contributed by atoms with Crippen molar-refractivity contribution in [2.45, 2.75) is 89.9 Å². The van der Waals surface area contributed by atoms with Crippen molar-refractivity contribution in [3.8, 4) is 0 Å². The van der Waals surface area contributed by atoms with Gasteiger partial charge >= 0.3 is 0 Å². The molecule has 0 aromatic rings. The van der Waals surface area contributed by atoms with E-state index in [9.17, 15) is 0 Å². The summed E-state index contributed by atoms with van der Waals surface area (Å²) < 4.78 is 0. The second kappa shape index (κ2) is 6.01. The predicted octanol–water partition coefficient (Wildman–Crippen LogP) is 6.20. The molecule has 6 atom stereocenters. The lowest BCUT2D eigenvalue weighted by Gasteiger charge is -2.32. The van der Waals surface area contributed by atoms with Crippen molar-refractivity contribution in [3.63, 3.8) is 0 Å². The van der Waals surface area contributed by atoms with E-state index in [0.717, 1.165) is 35.5 Å². The van der Waals surface area contributed by atoms with Gasteiger partial charge in [0.2, 0.25) is 0 Å². The molecule has 20 heavy (non-hydrogen) atoms. The van der Waals surface area contributed by atoms with E-state index >= 15 is 0 Å². The van der Waals surface area contributed by atoms with Crippen LogP contribution in [0.15, 0.2) is 0 Å². The first kappa shape index (κ1) is 13.6. The number of fused-ring (bicyclic) bond motifs is 2. The Kier molecular flexibility index (Phi) is 4.10. The van der Waals surface area contributed by atoms with E-state index in [-0.39, 0.29) is 0 Å². The van der Waals surface area contributed by atoms with Crippen molar-refractivity contribution < 1.29 is 0 Å². The molecule has 114 valence electrons. The Balaban J connectivity index is 1.30. The van der Waals surface area contributed by atoms with E-state index in [2.05, 4.69) is 0 Å². The van der Waals surface area contributed by atoms with Gasteiger partial charge in [0.15, 0.2) is 0 Å². The zero-order valence-electron chi connectivity index (χ0n) is 13.4. The summed E-state index contributed by atoms with van der Waals surface area (Å²) in [5.41, 5.74) is 0. The van der Waals surface area contributed by atoms with Crippen LogP contribution in [0.5, 0.6) is 0 Å². The van der Waals surface area contributed by atoms with Crippen molar-refractivity contribution in [1.82, 2.24) is 0 Å². The van der Waals surface area contributed by atoms with Crippen LogP contribution in [-0.4, -0.2) is 0 Å². The van der Waals surface area contributed by atoms with Crippen LogP contribution in [-0.2, 0) is 0 Å². The summed E-state index contributed by atoms with van der Waals surface area (Å²) >= 11 is 0. The lowest BCUT2D eigenvalue weighted by Crippen LogP contribution is -2.22. The Morgan fingerprint density at radius 1 is 0.450 bits per heavy atom. The summed E-state index contributed by atoms with van der Waals surface area (Å²) in [5, 5.41) is 0. The summed E-state index contributed by atoms with van der Waals surface area (Å²) in [4.78, 5) is 0. The molecule has 0 nitrogen and oxygen atoms in total. The fourth-order valence-electron chi connectivity index (χ4n) is 6.86. The summed E-state index contributed by atoms with van der Waals surface area (Å²) in [6.45, 7) is 0. The minimum absolute atomic E-state index is 1.14. The minimum atomic E-state index is 1.14. The largest absolute Gasteiger partial charge is 0.0530 e. The summed E-state index contributed by atoms with van der Waals surface area (Å²) in [6, 6.07) is 0. The molecule has 0 aromatic carbocycles. The average Bonchev–Trinajstić information content (AvgIpc) is 3.09. The predicted molar refractivity (Wildman–Crippen MR) is 85.6 cm³/mol. The SMILES string of the molecule is C1CC[C@H]2[C@@H](CC[C@@H]3CC[C@@H]4CCCC[C@H]34)CC[C@H]2C1. The van der Waals surface area contributed by atoms with E-state index in [4.69, 9.17) is 0 Å². The Morgan fingerprint density at radius 3 is 1.40 bits per heavy atom. The Bertz CT molecular complexity index is 288. The molecule has 0 amide bonds. The van der Waals surface area contributed by atoms with Gasteiger partial charge < -0.3 is 0 Å². The van der Waals surface area contributed by atoms with Crippen LogP contribution >= 0.6 is 0 Å². The Morgan fingerprint density at radius 2 is 0.900 bits per heavy atom. The van der Waals surface area contributed by atoms with Gasteiger partial charge in [-0.3, -0.25) is 0 Å². The minimum Gasteiger partial charge on any atom is -0.0530 e. The van der Waals surface area contributed by atoms with Crippen molar-refractivity contribution in [2.24, 2.45) is 35.5 Å². The van der Waals surface area contributed by atoms with E-state index in [1.165, 1.54) is 0 Å². The third-order valence-corrected chi connectivity index (χ3v) is 7.87. The van der Waals surface area contributed by atoms with E-state index in [0.29, 0.717) is 0 Å². The maximum Gasteiger partial charge on any atom is -0.0357 e. The van der Waals surface area contributed by atoms with Gasteiger partial charge in [0.1, 0.15) is 0 Å². The van der Waals surface area contributed by atoms with Crippen LogP contribution < -0.4 is 0 Å². The molecule has 0 bridgehead atoms. The molecule has 4 fully saturated rings. The number of hydrogen-bond donors (Lipinski definition) is 0. The molecule has 0 aromatic heterocycles. The highest BCUT2D eigenvalue weighted by molar-refractivity contribution is 4.91. The second-order valence-electron chi connectivity index (χ2n) is 8.67. The molecule has 4 aliphatic rings. The summed E-state index contributed by atoms with van der Waals surface area (Å²) in [7, 11) is 0. The molecule has 0 heterocycles. The fourth-order valence-corrected chi connectivity index (χ4v) is 6.86. The van der Waals surface area contributed by atoms with E-state index in [1.807, 2.05) is 0 Å². The highest BCUT2D eigenvalue weighted by Crippen LogP contribution is 2.51. The molecule has 0 aliphatic heterocycles. The quantitative estimate of drug-likeness (QED) is 0.575. The van der Waals surface area contributed by atoms with Crippen molar-refractivity contribution in [1.29, 1.82) is 0 Å². The van der Waals surface area contributed by atoms with Gasteiger partial charge in [-0.05, 0) is 86.9 Å². The van der Waals surface area contributed by atoms with Crippen molar-refractivity contribution >= 4 is 0 Å². The van der Waals surface area contributed by atoms with Crippen LogP contribution in [0.25, 0.3) is 0 Å². The van der Waals surface area contributed by atoms with Gasteiger partial charge in [-0.2, -0.15) is 0 Å². The van der Waals surface area contributed by atoms with Gasteiger partial charge in [-0.25, -0.2) is 0 Å². The average molecular weight is 274 g/mol. The smallest absolute Gasteiger partial charge is 0.0357 e. The van der Waals surface area contributed by atoms with Crippen LogP contribution in [0.2, 0.25) is 0 Å². The van der Waals surface area contributed by atoms with Crippen LogP contribution in [0.4, 0.5) is 0 Å².